The van der Waals surface area contributed by atoms with Gasteiger partial charge in [-0.1, -0.05) is 121 Å². The second-order valence-electron chi connectivity index (χ2n) is 12.1. The molecule has 0 aliphatic heterocycles. The smallest absolute Gasteiger partial charge is 0.136 e. The van der Waals surface area contributed by atoms with Crippen LogP contribution in [-0.4, -0.2) is 0 Å². The third-order valence-electron chi connectivity index (χ3n) is 9.51. The van der Waals surface area contributed by atoms with Crippen molar-refractivity contribution in [3.8, 4) is 33.4 Å². The summed E-state index contributed by atoms with van der Waals surface area (Å²) in [5, 5.41) is 10.6. The normalized spacial score (nSPS) is 11.9. The summed E-state index contributed by atoms with van der Waals surface area (Å²) in [6.45, 7) is 0. The Morgan fingerprint density at radius 1 is 0.326 bits per heavy atom. The van der Waals surface area contributed by atoms with Gasteiger partial charge in [0.05, 0.1) is 6.26 Å². The van der Waals surface area contributed by atoms with Gasteiger partial charge in [-0.15, -0.1) is 0 Å². The van der Waals surface area contributed by atoms with Crippen LogP contribution in [0.15, 0.2) is 167 Å². The van der Waals surface area contributed by atoms with Gasteiger partial charge in [-0.2, -0.15) is 0 Å². The zero-order valence-corrected chi connectivity index (χ0v) is 24.8. The van der Waals surface area contributed by atoms with Crippen molar-refractivity contribution in [2.24, 2.45) is 0 Å². The van der Waals surface area contributed by atoms with E-state index in [2.05, 4.69) is 152 Å². The van der Waals surface area contributed by atoms with Crippen LogP contribution in [0.25, 0.3) is 98.6 Å². The van der Waals surface area contributed by atoms with Crippen LogP contribution in [0.3, 0.4) is 0 Å². The molecule has 0 N–H and O–H groups in total. The molecule has 46 heavy (non-hydrogen) atoms. The van der Waals surface area contributed by atoms with Gasteiger partial charge >= 0.3 is 0 Å². The number of furan rings is 2. The maximum atomic E-state index is 6.63. The first-order chi connectivity index (χ1) is 22.8. The predicted molar refractivity (Wildman–Crippen MR) is 192 cm³/mol. The summed E-state index contributed by atoms with van der Waals surface area (Å²) in [7, 11) is 0. The van der Waals surface area contributed by atoms with Gasteiger partial charge in [-0.25, -0.2) is 0 Å². The molecular weight excluding hydrogens is 560 g/mol. The van der Waals surface area contributed by atoms with Gasteiger partial charge in [0.2, 0.25) is 0 Å². The molecule has 2 aromatic heterocycles. The Balaban J connectivity index is 1.18. The standard InChI is InChI=1S/C44H26O2/c1-2-11-28(12-3-1)43-33-14-6-8-16-35(33)44(36-17-9-7-15-34(36)43)31-20-21-32-37-24-40-38(25-42(37)46-41(32)23-31)39(26-45-40)30-19-18-27-10-4-5-13-29(27)22-30/h1-26H. The average Bonchev–Trinajstić information content (AvgIpc) is 3.69. The van der Waals surface area contributed by atoms with E-state index in [-0.39, 0.29) is 0 Å². The van der Waals surface area contributed by atoms with Gasteiger partial charge in [0.25, 0.3) is 0 Å². The van der Waals surface area contributed by atoms with E-state index < -0.39 is 0 Å². The van der Waals surface area contributed by atoms with Gasteiger partial charge < -0.3 is 8.83 Å². The fourth-order valence-electron chi connectivity index (χ4n) is 7.39. The molecule has 0 amide bonds. The molecule has 2 heteroatoms. The Morgan fingerprint density at radius 2 is 0.913 bits per heavy atom. The van der Waals surface area contributed by atoms with Crippen LogP contribution in [0.5, 0.6) is 0 Å². The number of fused-ring (bicyclic) bond motifs is 7. The third kappa shape index (κ3) is 3.71. The van der Waals surface area contributed by atoms with Crippen molar-refractivity contribution >= 4 is 65.2 Å². The van der Waals surface area contributed by atoms with Crippen molar-refractivity contribution in [3.05, 3.63) is 158 Å². The summed E-state index contributed by atoms with van der Waals surface area (Å²) in [4.78, 5) is 0. The van der Waals surface area contributed by atoms with Crippen LogP contribution in [0.1, 0.15) is 0 Å². The Hall–Kier alpha value is -6.12. The lowest BCUT2D eigenvalue weighted by molar-refractivity contribution is 0.617. The SMILES string of the molecule is c1ccc(-c2c3ccccc3c(-c3ccc4c(c3)oc3cc5c(-c6ccc7ccccc7c6)coc5cc34)c3ccccc23)cc1. The number of rotatable bonds is 3. The molecule has 0 aliphatic rings. The second-order valence-corrected chi connectivity index (χ2v) is 12.1. The maximum absolute atomic E-state index is 6.63. The van der Waals surface area contributed by atoms with E-state index >= 15 is 0 Å². The van der Waals surface area contributed by atoms with Crippen molar-refractivity contribution in [2.75, 3.05) is 0 Å². The average molecular weight is 587 g/mol. The van der Waals surface area contributed by atoms with Crippen molar-refractivity contribution in [3.63, 3.8) is 0 Å². The molecule has 2 heterocycles. The first kappa shape index (κ1) is 25.2. The van der Waals surface area contributed by atoms with E-state index in [0.717, 1.165) is 49.6 Å². The summed E-state index contributed by atoms with van der Waals surface area (Å²) in [5.74, 6) is 0. The predicted octanol–water partition coefficient (Wildman–Crippen LogP) is 12.8. The molecule has 0 radical (unpaired) electrons. The number of benzene rings is 8. The molecule has 8 aromatic carbocycles. The largest absolute Gasteiger partial charge is 0.464 e. The molecule has 0 bridgehead atoms. The second kappa shape index (κ2) is 9.69. The van der Waals surface area contributed by atoms with Gasteiger partial charge in [0, 0.05) is 21.7 Å². The first-order valence-corrected chi connectivity index (χ1v) is 15.7. The van der Waals surface area contributed by atoms with Crippen molar-refractivity contribution in [2.45, 2.75) is 0 Å². The lowest BCUT2D eigenvalue weighted by atomic mass is 9.86. The minimum atomic E-state index is 0.857. The summed E-state index contributed by atoms with van der Waals surface area (Å²) >= 11 is 0. The third-order valence-corrected chi connectivity index (χ3v) is 9.51. The van der Waals surface area contributed by atoms with E-state index in [1.165, 1.54) is 49.0 Å². The fourth-order valence-corrected chi connectivity index (χ4v) is 7.39. The minimum absolute atomic E-state index is 0.857. The van der Waals surface area contributed by atoms with Gasteiger partial charge in [-0.3, -0.25) is 0 Å². The zero-order valence-electron chi connectivity index (χ0n) is 24.8. The molecule has 0 saturated heterocycles. The molecule has 10 aromatic rings. The molecule has 0 saturated carbocycles. The Labute approximate surface area is 264 Å². The Kier molecular flexibility index (Phi) is 5.31. The first-order valence-electron chi connectivity index (χ1n) is 15.7. The van der Waals surface area contributed by atoms with Crippen LogP contribution >= 0.6 is 0 Å². The fraction of sp³-hybridized carbons (Fsp3) is 0. The van der Waals surface area contributed by atoms with Crippen LogP contribution < -0.4 is 0 Å². The van der Waals surface area contributed by atoms with Crippen LogP contribution in [-0.2, 0) is 0 Å². The van der Waals surface area contributed by atoms with Crippen LogP contribution in [0.4, 0.5) is 0 Å². The zero-order chi connectivity index (χ0) is 30.2. The Bertz CT molecular complexity index is 2740. The van der Waals surface area contributed by atoms with Crippen molar-refractivity contribution in [1.82, 2.24) is 0 Å². The monoisotopic (exact) mass is 586 g/mol. The lowest BCUT2D eigenvalue weighted by Crippen LogP contribution is -1.90. The number of hydrogen-bond acceptors (Lipinski definition) is 2. The van der Waals surface area contributed by atoms with E-state index in [1.807, 2.05) is 6.26 Å². The molecule has 2 nitrogen and oxygen atoms in total. The van der Waals surface area contributed by atoms with Crippen LogP contribution in [0, 0.1) is 0 Å². The summed E-state index contributed by atoms with van der Waals surface area (Å²) in [6.07, 6.45) is 1.86. The topological polar surface area (TPSA) is 26.3 Å². The molecule has 0 unspecified atom stereocenters. The molecule has 10 rings (SSSR count). The van der Waals surface area contributed by atoms with E-state index in [4.69, 9.17) is 8.83 Å². The van der Waals surface area contributed by atoms with Gasteiger partial charge in [0.1, 0.15) is 16.7 Å². The molecule has 0 atom stereocenters. The molecule has 0 aliphatic carbocycles. The van der Waals surface area contributed by atoms with Crippen LogP contribution in [0.2, 0.25) is 0 Å². The highest BCUT2D eigenvalue weighted by atomic mass is 16.3. The quantitative estimate of drug-likeness (QED) is 0.193. The molecular formula is C44H26O2. The molecule has 214 valence electrons. The summed E-state index contributed by atoms with van der Waals surface area (Å²) in [5.41, 5.74) is 9.64. The van der Waals surface area contributed by atoms with Gasteiger partial charge in [-0.05, 0) is 90.5 Å². The summed E-state index contributed by atoms with van der Waals surface area (Å²) in [6, 6.07) is 54.2. The number of hydrogen-bond donors (Lipinski definition) is 0. The van der Waals surface area contributed by atoms with Crippen molar-refractivity contribution < 1.29 is 8.83 Å². The maximum Gasteiger partial charge on any atom is 0.136 e. The highest BCUT2D eigenvalue weighted by Gasteiger charge is 2.19. The van der Waals surface area contributed by atoms with E-state index in [0.29, 0.717) is 0 Å². The Morgan fingerprint density at radius 3 is 1.65 bits per heavy atom. The molecule has 0 fully saturated rings. The minimum Gasteiger partial charge on any atom is -0.464 e. The summed E-state index contributed by atoms with van der Waals surface area (Å²) < 4.78 is 12.8. The van der Waals surface area contributed by atoms with E-state index in [1.54, 1.807) is 0 Å². The highest BCUT2D eigenvalue weighted by molar-refractivity contribution is 6.22. The van der Waals surface area contributed by atoms with Gasteiger partial charge in [0.15, 0.2) is 0 Å². The highest BCUT2D eigenvalue weighted by Crippen LogP contribution is 2.45. The van der Waals surface area contributed by atoms with Crippen molar-refractivity contribution in [1.29, 1.82) is 0 Å². The molecule has 0 spiro atoms. The van der Waals surface area contributed by atoms with E-state index in [9.17, 15) is 0 Å². The lowest BCUT2D eigenvalue weighted by Gasteiger charge is -2.17.